The molecule has 2 aromatic rings. The zero-order chi connectivity index (χ0) is 13.4. The summed E-state index contributed by atoms with van der Waals surface area (Å²) in [7, 11) is 1.50. The van der Waals surface area contributed by atoms with Gasteiger partial charge in [-0.2, -0.15) is 0 Å². The van der Waals surface area contributed by atoms with Crippen molar-refractivity contribution < 1.29 is 9.59 Å². The van der Waals surface area contributed by atoms with Crippen molar-refractivity contribution in [3.63, 3.8) is 0 Å². The smallest absolute Gasteiger partial charge is 0.324 e. The summed E-state index contributed by atoms with van der Waals surface area (Å²) >= 11 is 0. The molecule has 0 radical (unpaired) electrons. The molecule has 19 heavy (non-hydrogen) atoms. The van der Waals surface area contributed by atoms with E-state index < -0.39 is 6.04 Å². The van der Waals surface area contributed by atoms with Gasteiger partial charge in [0.2, 0.25) is 0 Å². The van der Waals surface area contributed by atoms with Gasteiger partial charge in [0.25, 0.3) is 5.91 Å². The second kappa shape index (κ2) is 4.39. The predicted molar refractivity (Wildman–Crippen MR) is 72.7 cm³/mol. The Labute approximate surface area is 111 Å². The summed E-state index contributed by atoms with van der Waals surface area (Å²) in [4.78, 5) is 24.3. The minimum atomic E-state index is -0.446. The monoisotopic (exact) mass is 254 g/mol. The average molecular weight is 254 g/mol. The fraction of sp³-hybridized carbons (Fsp3) is 0.200. The number of hydrogen-bond acceptors (Lipinski definition) is 2. The summed E-state index contributed by atoms with van der Waals surface area (Å²) in [6.45, 7) is 0. The van der Waals surface area contributed by atoms with Crippen molar-refractivity contribution in [1.82, 2.24) is 10.2 Å². The molecule has 1 fully saturated rings. The van der Waals surface area contributed by atoms with Crippen LogP contribution in [0.5, 0.6) is 0 Å². The number of nitrogens with one attached hydrogen (secondary N) is 1. The Balaban J connectivity index is 1.86. The van der Waals surface area contributed by atoms with E-state index in [1.54, 1.807) is 0 Å². The molecule has 4 nitrogen and oxygen atoms in total. The zero-order valence-electron chi connectivity index (χ0n) is 10.6. The van der Waals surface area contributed by atoms with Crippen LogP contribution in [0.25, 0.3) is 10.8 Å². The van der Waals surface area contributed by atoms with Crippen molar-refractivity contribution in [3.05, 3.63) is 48.0 Å². The number of carbonyl (C=O) groups is 2. The third-order valence-electron chi connectivity index (χ3n) is 3.48. The Bertz CT molecular complexity index is 666. The number of imide groups is 1. The molecule has 0 bridgehead atoms. The maximum Gasteiger partial charge on any atom is 0.324 e. The number of benzene rings is 2. The van der Waals surface area contributed by atoms with Gasteiger partial charge in [-0.15, -0.1) is 0 Å². The van der Waals surface area contributed by atoms with Crippen LogP contribution in [0.3, 0.4) is 0 Å². The Hall–Kier alpha value is -2.36. The molecule has 0 spiro atoms. The first kappa shape index (κ1) is 11.7. The lowest BCUT2D eigenvalue weighted by Crippen LogP contribution is -2.31. The van der Waals surface area contributed by atoms with E-state index >= 15 is 0 Å². The van der Waals surface area contributed by atoms with Crippen LogP contribution in [0.1, 0.15) is 5.56 Å². The second-order valence-corrected chi connectivity index (χ2v) is 4.78. The van der Waals surface area contributed by atoms with Gasteiger partial charge in [-0.25, -0.2) is 4.79 Å². The minimum absolute atomic E-state index is 0.168. The van der Waals surface area contributed by atoms with Crippen LogP contribution < -0.4 is 5.32 Å². The highest BCUT2D eigenvalue weighted by molar-refractivity contribution is 6.04. The topological polar surface area (TPSA) is 49.4 Å². The van der Waals surface area contributed by atoms with E-state index in [0.717, 1.165) is 15.8 Å². The number of carbonyl (C=O) groups excluding carboxylic acids is 2. The highest BCUT2D eigenvalue weighted by Crippen LogP contribution is 2.18. The SMILES string of the molecule is CN1C(=O)N[C@H](Cc2ccc3ccccc3c2)C1=O. The molecule has 1 aliphatic heterocycles. The van der Waals surface area contributed by atoms with Gasteiger partial charge in [-0.3, -0.25) is 9.69 Å². The molecule has 1 N–H and O–H groups in total. The summed E-state index contributed by atoms with van der Waals surface area (Å²) in [5, 5.41) is 5.00. The summed E-state index contributed by atoms with van der Waals surface area (Å²) in [5.74, 6) is -0.168. The maximum absolute atomic E-state index is 11.8. The molecule has 2 aromatic carbocycles. The van der Waals surface area contributed by atoms with Crippen LogP contribution in [0.4, 0.5) is 4.79 Å². The summed E-state index contributed by atoms with van der Waals surface area (Å²) in [5.41, 5.74) is 1.05. The summed E-state index contributed by atoms with van der Waals surface area (Å²) in [6, 6.07) is 13.4. The van der Waals surface area contributed by atoms with Crippen molar-refractivity contribution in [1.29, 1.82) is 0 Å². The molecule has 1 aliphatic rings. The second-order valence-electron chi connectivity index (χ2n) is 4.78. The van der Waals surface area contributed by atoms with Gasteiger partial charge < -0.3 is 5.32 Å². The molecule has 1 saturated heterocycles. The lowest BCUT2D eigenvalue weighted by molar-refractivity contribution is -0.126. The number of likely N-dealkylation sites (N-methyl/N-ethyl adjacent to an activating group) is 1. The molecule has 3 amide bonds. The number of fused-ring (bicyclic) bond motifs is 1. The van der Waals surface area contributed by atoms with Crippen LogP contribution in [-0.4, -0.2) is 29.9 Å². The Morgan fingerprint density at radius 3 is 2.53 bits per heavy atom. The molecule has 1 atom stereocenters. The molecule has 0 aliphatic carbocycles. The summed E-state index contributed by atoms with van der Waals surface area (Å²) in [6.07, 6.45) is 0.528. The third kappa shape index (κ3) is 2.05. The first-order valence-corrected chi connectivity index (χ1v) is 6.21. The number of hydrogen-bond donors (Lipinski definition) is 1. The van der Waals surface area contributed by atoms with Crippen molar-refractivity contribution in [2.24, 2.45) is 0 Å². The average Bonchev–Trinajstić information content (AvgIpc) is 2.66. The van der Waals surface area contributed by atoms with Crippen LogP contribution in [0, 0.1) is 0 Å². The van der Waals surface area contributed by atoms with Crippen LogP contribution in [0.15, 0.2) is 42.5 Å². The highest BCUT2D eigenvalue weighted by Gasteiger charge is 2.34. The zero-order valence-corrected chi connectivity index (χ0v) is 10.6. The normalized spacial score (nSPS) is 19.0. The third-order valence-corrected chi connectivity index (χ3v) is 3.48. The fourth-order valence-electron chi connectivity index (χ4n) is 2.38. The fourth-order valence-corrected chi connectivity index (χ4v) is 2.38. The van der Waals surface area contributed by atoms with E-state index in [2.05, 4.69) is 17.4 Å². The first-order chi connectivity index (χ1) is 9.15. The van der Waals surface area contributed by atoms with Crippen LogP contribution >= 0.6 is 0 Å². The highest BCUT2D eigenvalue weighted by atomic mass is 16.2. The largest absolute Gasteiger partial charge is 0.325 e. The first-order valence-electron chi connectivity index (χ1n) is 6.21. The van der Waals surface area contributed by atoms with E-state index in [1.165, 1.54) is 12.4 Å². The van der Waals surface area contributed by atoms with Crippen molar-refractivity contribution in [2.75, 3.05) is 7.05 Å². The van der Waals surface area contributed by atoms with Gasteiger partial charge in [0.1, 0.15) is 6.04 Å². The molecule has 96 valence electrons. The molecule has 1 heterocycles. The van der Waals surface area contributed by atoms with Crippen LogP contribution in [0.2, 0.25) is 0 Å². The van der Waals surface area contributed by atoms with Gasteiger partial charge in [-0.05, 0) is 16.3 Å². The Morgan fingerprint density at radius 2 is 1.84 bits per heavy atom. The molecule has 3 rings (SSSR count). The minimum Gasteiger partial charge on any atom is -0.325 e. The molecule has 0 saturated carbocycles. The number of amides is 3. The molecule has 0 aromatic heterocycles. The van der Waals surface area contributed by atoms with E-state index in [4.69, 9.17) is 0 Å². The molecular weight excluding hydrogens is 240 g/mol. The number of urea groups is 1. The Kier molecular flexibility index (Phi) is 2.71. The van der Waals surface area contributed by atoms with E-state index in [1.807, 2.05) is 30.3 Å². The lowest BCUT2D eigenvalue weighted by Gasteiger charge is -2.09. The van der Waals surface area contributed by atoms with Gasteiger partial charge in [-0.1, -0.05) is 42.5 Å². The number of rotatable bonds is 2. The Morgan fingerprint density at radius 1 is 1.11 bits per heavy atom. The van der Waals surface area contributed by atoms with E-state index in [0.29, 0.717) is 6.42 Å². The molecular formula is C15H14N2O2. The standard InChI is InChI=1S/C15H14N2O2/c1-17-14(18)13(16-15(17)19)9-10-6-7-11-4-2-3-5-12(11)8-10/h2-8,13H,9H2,1H3,(H,16,19)/t13-/m1/s1. The van der Waals surface area contributed by atoms with Crippen molar-refractivity contribution in [2.45, 2.75) is 12.5 Å². The van der Waals surface area contributed by atoms with Gasteiger partial charge >= 0.3 is 6.03 Å². The van der Waals surface area contributed by atoms with Gasteiger partial charge in [0, 0.05) is 13.5 Å². The van der Waals surface area contributed by atoms with E-state index in [9.17, 15) is 9.59 Å². The molecule has 4 heteroatoms. The molecule has 0 unspecified atom stereocenters. The van der Waals surface area contributed by atoms with Gasteiger partial charge in [0.15, 0.2) is 0 Å². The quantitative estimate of drug-likeness (QED) is 0.832. The predicted octanol–water partition coefficient (Wildman–Crippen LogP) is 1.93. The van der Waals surface area contributed by atoms with Crippen molar-refractivity contribution >= 4 is 22.7 Å². The maximum atomic E-state index is 11.8. The van der Waals surface area contributed by atoms with E-state index in [-0.39, 0.29) is 11.9 Å². The van der Waals surface area contributed by atoms with Crippen LogP contribution in [-0.2, 0) is 11.2 Å². The number of nitrogens with zero attached hydrogens (tertiary/aromatic N) is 1. The lowest BCUT2D eigenvalue weighted by atomic mass is 10.0. The van der Waals surface area contributed by atoms with Crippen molar-refractivity contribution in [3.8, 4) is 0 Å². The van der Waals surface area contributed by atoms with Gasteiger partial charge in [0.05, 0.1) is 0 Å². The summed E-state index contributed by atoms with van der Waals surface area (Å²) < 4.78 is 0.